The Bertz CT molecular complexity index is 766. The average Bonchev–Trinajstić information content (AvgIpc) is 2.66. The second-order valence-electron chi connectivity index (χ2n) is 6.26. The number of nitrogens with one attached hydrogen (secondary N) is 2. The van der Waals surface area contributed by atoms with Crippen LogP contribution in [0, 0.1) is 5.92 Å². The molecule has 0 fully saturated rings. The van der Waals surface area contributed by atoms with Crippen molar-refractivity contribution in [3.8, 4) is 5.75 Å². The topological polar surface area (TPSA) is 67.4 Å². The van der Waals surface area contributed by atoms with Gasteiger partial charge in [0.15, 0.2) is 0 Å². The van der Waals surface area contributed by atoms with Gasteiger partial charge in [0.2, 0.25) is 0 Å². The number of amides is 2. The van der Waals surface area contributed by atoms with E-state index in [0.717, 1.165) is 11.3 Å². The zero-order valence-electron chi connectivity index (χ0n) is 15.3. The van der Waals surface area contributed by atoms with Crippen LogP contribution in [0.3, 0.4) is 0 Å². The fourth-order valence-electron chi connectivity index (χ4n) is 2.20. The number of rotatable bonds is 7. The van der Waals surface area contributed by atoms with Gasteiger partial charge in [-0.2, -0.15) is 0 Å². The molecule has 2 amide bonds. The summed E-state index contributed by atoms with van der Waals surface area (Å²) in [4.78, 5) is 25.0. The SMILES string of the molecule is COc1ccc(/C=C(\NC(=O)c2ccccc2)C(=O)NCC(C)C)cc1. The molecule has 2 aromatic carbocycles. The lowest BCUT2D eigenvalue weighted by Crippen LogP contribution is -2.36. The zero-order valence-corrected chi connectivity index (χ0v) is 15.3. The first-order valence-corrected chi connectivity index (χ1v) is 8.50. The predicted octanol–water partition coefficient (Wildman–Crippen LogP) is 3.24. The fraction of sp³-hybridized carbons (Fsp3) is 0.238. The van der Waals surface area contributed by atoms with Gasteiger partial charge in [-0.05, 0) is 41.8 Å². The van der Waals surface area contributed by atoms with Gasteiger partial charge in [0.1, 0.15) is 11.4 Å². The largest absolute Gasteiger partial charge is 0.497 e. The molecule has 0 aliphatic heterocycles. The van der Waals surface area contributed by atoms with Crippen molar-refractivity contribution in [1.82, 2.24) is 10.6 Å². The minimum Gasteiger partial charge on any atom is -0.497 e. The first-order chi connectivity index (χ1) is 12.5. The normalized spacial score (nSPS) is 11.2. The third kappa shape index (κ3) is 5.77. The van der Waals surface area contributed by atoms with E-state index in [9.17, 15) is 9.59 Å². The first kappa shape index (κ1) is 19.2. The van der Waals surface area contributed by atoms with Crippen LogP contribution < -0.4 is 15.4 Å². The average molecular weight is 352 g/mol. The third-order valence-corrected chi connectivity index (χ3v) is 3.63. The molecule has 0 aromatic heterocycles. The van der Waals surface area contributed by atoms with E-state index in [0.29, 0.717) is 18.0 Å². The molecular formula is C21H24N2O3. The van der Waals surface area contributed by atoms with Gasteiger partial charge >= 0.3 is 0 Å². The summed E-state index contributed by atoms with van der Waals surface area (Å²) in [7, 11) is 1.59. The van der Waals surface area contributed by atoms with Crippen LogP contribution in [-0.2, 0) is 4.79 Å². The summed E-state index contributed by atoms with van der Waals surface area (Å²) >= 11 is 0. The van der Waals surface area contributed by atoms with Crippen molar-refractivity contribution in [2.24, 2.45) is 5.92 Å². The van der Waals surface area contributed by atoms with Crippen LogP contribution in [0.5, 0.6) is 5.75 Å². The van der Waals surface area contributed by atoms with Crippen LogP contribution in [0.15, 0.2) is 60.3 Å². The van der Waals surface area contributed by atoms with E-state index in [2.05, 4.69) is 10.6 Å². The van der Waals surface area contributed by atoms with E-state index in [1.165, 1.54) is 0 Å². The smallest absolute Gasteiger partial charge is 0.267 e. The predicted molar refractivity (Wildman–Crippen MR) is 103 cm³/mol. The highest BCUT2D eigenvalue weighted by atomic mass is 16.5. The van der Waals surface area contributed by atoms with Gasteiger partial charge in [-0.15, -0.1) is 0 Å². The fourth-order valence-corrected chi connectivity index (χ4v) is 2.20. The lowest BCUT2D eigenvalue weighted by atomic mass is 10.1. The van der Waals surface area contributed by atoms with Crippen molar-refractivity contribution < 1.29 is 14.3 Å². The summed E-state index contributed by atoms with van der Waals surface area (Å²) < 4.78 is 5.14. The maximum Gasteiger partial charge on any atom is 0.267 e. The summed E-state index contributed by atoms with van der Waals surface area (Å²) in [5, 5.41) is 5.55. The third-order valence-electron chi connectivity index (χ3n) is 3.63. The van der Waals surface area contributed by atoms with Gasteiger partial charge in [-0.3, -0.25) is 9.59 Å². The number of ether oxygens (including phenoxy) is 1. The summed E-state index contributed by atoms with van der Waals surface area (Å²) in [5.74, 6) is 0.385. The van der Waals surface area contributed by atoms with Crippen LogP contribution in [0.4, 0.5) is 0 Å². The van der Waals surface area contributed by atoms with Crippen LogP contribution in [0.25, 0.3) is 6.08 Å². The number of hydrogen-bond donors (Lipinski definition) is 2. The van der Waals surface area contributed by atoms with Gasteiger partial charge in [0.05, 0.1) is 7.11 Å². The van der Waals surface area contributed by atoms with Crippen molar-refractivity contribution in [1.29, 1.82) is 0 Å². The Morgan fingerprint density at radius 1 is 1.04 bits per heavy atom. The van der Waals surface area contributed by atoms with E-state index in [1.807, 2.05) is 32.0 Å². The van der Waals surface area contributed by atoms with Crippen LogP contribution in [-0.4, -0.2) is 25.5 Å². The van der Waals surface area contributed by atoms with Gasteiger partial charge in [-0.25, -0.2) is 0 Å². The van der Waals surface area contributed by atoms with Crippen molar-refractivity contribution in [3.63, 3.8) is 0 Å². The van der Waals surface area contributed by atoms with E-state index in [1.54, 1.807) is 49.6 Å². The molecule has 0 unspecified atom stereocenters. The molecule has 0 spiro atoms. The molecule has 0 saturated carbocycles. The van der Waals surface area contributed by atoms with Gasteiger partial charge < -0.3 is 15.4 Å². The summed E-state index contributed by atoms with van der Waals surface area (Å²) in [6.45, 7) is 4.55. The van der Waals surface area contributed by atoms with E-state index >= 15 is 0 Å². The van der Waals surface area contributed by atoms with Crippen LogP contribution in [0.1, 0.15) is 29.8 Å². The Labute approximate surface area is 154 Å². The Hall–Kier alpha value is -3.08. The summed E-state index contributed by atoms with van der Waals surface area (Å²) in [6.07, 6.45) is 1.65. The molecule has 0 heterocycles. The number of benzene rings is 2. The Kier molecular flexibility index (Phi) is 6.97. The van der Waals surface area contributed by atoms with Crippen molar-refractivity contribution in [3.05, 3.63) is 71.4 Å². The standard InChI is InChI=1S/C21H24N2O3/c1-15(2)14-22-21(25)19(13-16-9-11-18(26-3)12-10-16)23-20(24)17-7-5-4-6-8-17/h4-13,15H,14H2,1-3H3,(H,22,25)(H,23,24)/b19-13-. The van der Waals surface area contributed by atoms with E-state index in [-0.39, 0.29) is 17.5 Å². The molecule has 0 atom stereocenters. The molecule has 0 saturated heterocycles. The molecule has 0 aliphatic carbocycles. The van der Waals surface area contributed by atoms with Crippen LogP contribution in [0.2, 0.25) is 0 Å². The minimum atomic E-state index is -0.329. The highest BCUT2D eigenvalue weighted by Gasteiger charge is 2.14. The Morgan fingerprint density at radius 2 is 1.69 bits per heavy atom. The maximum absolute atomic E-state index is 12.5. The van der Waals surface area contributed by atoms with Gasteiger partial charge in [0.25, 0.3) is 11.8 Å². The molecule has 5 heteroatoms. The molecule has 2 rings (SSSR count). The number of methoxy groups -OCH3 is 1. The van der Waals surface area contributed by atoms with Crippen molar-refractivity contribution in [2.45, 2.75) is 13.8 Å². The molecule has 5 nitrogen and oxygen atoms in total. The highest BCUT2D eigenvalue weighted by molar-refractivity contribution is 6.05. The Balaban J connectivity index is 2.23. The lowest BCUT2D eigenvalue weighted by molar-refractivity contribution is -0.117. The monoisotopic (exact) mass is 352 g/mol. The molecule has 2 N–H and O–H groups in total. The highest BCUT2D eigenvalue weighted by Crippen LogP contribution is 2.14. The van der Waals surface area contributed by atoms with Crippen LogP contribution >= 0.6 is 0 Å². The second-order valence-corrected chi connectivity index (χ2v) is 6.26. The van der Waals surface area contributed by atoms with E-state index in [4.69, 9.17) is 4.74 Å². The maximum atomic E-state index is 12.5. The van der Waals surface area contributed by atoms with E-state index < -0.39 is 0 Å². The second kappa shape index (κ2) is 9.42. The number of hydrogen-bond acceptors (Lipinski definition) is 3. The quantitative estimate of drug-likeness (QED) is 0.752. The molecule has 2 aromatic rings. The minimum absolute atomic E-state index is 0.199. The zero-order chi connectivity index (χ0) is 18.9. The molecule has 0 radical (unpaired) electrons. The number of carbonyl (C=O) groups is 2. The summed E-state index contributed by atoms with van der Waals surface area (Å²) in [5.41, 5.74) is 1.48. The molecule has 0 aliphatic rings. The summed E-state index contributed by atoms with van der Waals surface area (Å²) in [6, 6.07) is 16.0. The molecule has 0 bridgehead atoms. The van der Waals surface area contributed by atoms with Crippen molar-refractivity contribution >= 4 is 17.9 Å². The van der Waals surface area contributed by atoms with Gasteiger partial charge in [0, 0.05) is 12.1 Å². The molecular weight excluding hydrogens is 328 g/mol. The Morgan fingerprint density at radius 3 is 2.27 bits per heavy atom. The van der Waals surface area contributed by atoms with Crippen molar-refractivity contribution in [2.75, 3.05) is 13.7 Å². The molecule has 136 valence electrons. The number of carbonyl (C=O) groups excluding carboxylic acids is 2. The lowest BCUT2D eigenvalue weighted by Gasteiger charge is -2.12. The first-order valence-electron chi connectivity index (χ1n) is 8.50. The molecule has 26 heavy (non-hydrogen) atoms. The van der Waals surface area contributed by atoms with Gasteiger partial charge in [-0.1, -0.05) is 44.2 Å².